The van der Waals surface area contributed by atoms with Crippen LogP contribution in [0.5, 0.6) is 5.75 Å². The van der Waals surface area contributed by atoms with Crippen LogP contribution in [0.25, 0.3) is 5.76 Å². The molecule has 1 fully saturated rings. The highest BCUT2D eigenvalue weighted by Crippen LogP contribution is 2.54. The summed E-state index contributed by atoms with van der Waals surface area (Å²) >= 11 is 0. The number of aliphatic hydroxyl groups excluding tert-OH is 2. The SMILES string of the molecule is CC(C)[C@@H](C)N1Cc2c(O)c3c(c(F)c2C1)C[C@H]1C[C@H]2[C@H](N(C)C)C(=O)C(C(N)=O)=C(O)[C@@]2(O)C(=O)C1=C3O. The van der Waals surface area contributed by atoms with Crippen molar-refractivity contribution in [3.63, 3.8) is 0 Å². The highest BCUT2D eigenvalue weighted by atomic mass is 19.1. The minimum absolute atomic E-state index is 0.0657. The zero-order chi connectivity index (χ0) is 28.9. The van der Waals surface area contributed by atoms with Gasteiger partial charge in [0.25, 0.3) is 5.91 Å². The van der Waals surface area contributed by atoms with Crippen molar-refractivity contribution in [1.29, 1.82) is 0 Å². The first kappa shape index (κ1) is 27.3. The van der Waals surface area contributed by atoms with Crippen LogP contribution < -0.4 is 5.73 Å². The van der Waals surface area contributed by atoms with Gasteiger partial charge in [0.15, 0.2) is 11.4 Å². The van der Waals surface area contributed by atoms with Crippen molar-refractivity contribution in [3.05, 3.63) is 45.0 Å². The molecular formula is C28H34FN3O7. The molecule has 4 aliphatic rings. The normalized spacial score (nSPS) is 29.5. The average molecular weight is 544 g/mol. The summed E-state index contributed by atoms with van der Waals surface area (Å²) in [6, 6.07) is -1.09. The predicted octanol–water partition coefficient (Wildman–Crippen LogP) is 1.46. The molecule has 0 bridgehead atoms. The van der Waals surface area contributed by atoms with Gasteiger partial charge in [-0.3, -0.25) is 24.2 Å². The van der Waals surface area contributed by atoms with Crippen molar-refractivity contribution in [2.45, 2.75) is 64.4 Å². The molecule has 1 aromatic carbocycles. The van der Waals surface area contributed by atoms with Crippen molar-refractivity contribution < 1.29 is 39.2 Å². The van der Waals surface area contributed by atoms with Crippen LogP contribution in [0.15, 0.2) is 16.9 Å². The van der Waals surface area contributed by atoms with Crippen LogP contribution in [0.4, 0.5) is 4.39 Å². The highest BCUT2D eigenvalue weighted by molar-refractivity contribution is 6.24. The number of carbonyl (C=O) groups is 3. The summed E-state index contributed by atoms with van der Waals surface area (Å²) in [6.07, 6.45) is -0.152. The lowest BCUT2D eigenvalue weighted by Crippen LogP contribution is -2.65. The quantitative estimate of drug-likeness (QED) is 0.354. The lowest BCUT2D eigenvalue weighted by molar-refractivity contribution is -0.153. The minimum atomic E-state index is -2.72. The molecular weight excluding hydrogens is 509 g/mol. The summed E-state index contributed by atoms with van der Waals surface area (Å²) in [4.78, 5) is 42.6. The molecule has 1 amide bonds. The third-order valence-electron chi connectivity index (χ3n) is 9.30. The lowest BCUT2D eigenvalue weighted by Gasteiger charge is -2.50. The van der Waals surface area contributed by atoms with E-state index in [4.69, 9.17) is 5.73 Å². The number of aromatic hydroxyl groups is 1. The fourth-order valence-corrected chi connectivity index (χ4v) is 6.95. The third kappa shape index (κ3) is 3.52. The van der Waals surface area contributed by atoms with Crippen LogP contribution in [0, 0.1) is 23.6 Å². The van der Waals surface area contributed by atoms with Gasteiger partial charge in [-0.1, -0.05) is 13.8 Å². The maximum Gasteiger partial charge on any atom is 0.255 e. The largest absolute Gasteiger partial charge is 0.508 e. The lowest BCUT2D eigenvalue weighted by atomic mass is 9.57. The second kappa shape index (κ2) is 8.87. The number of phenols is 1. The van der Waals surface area contributed by atoms with Crippen LogP contribution >= 0.6 is 0 Å². The molecule has 3 aliphatic carbocycles. The van der Waals surface area contributed by atoms with Crippen molar-refractivity contribution in [2.24, 2.45) is 23.5 Å². The van der Waals surface area contributed by atoms with E-state index in [2.05, 4.69) is 0 Å². The van der Waals surface area contributed by atoms with Crippen molar-refractivity contribution >= 4 is 23.2 Å². The number of amides is 1. The van der Waals surface area contributed by atoms with Gasteiger partial charge in [0.2, 0.25) is 5.78 Å². The van der Waals surface area contributed by atoms with Gasteiger partial charge in [-0.2, -0.15) is 0 Å². The Bertz CT molecular complexity index is 1400. The smallest absolute Gasteiger partial charge is 0.255 e. The van der Waals surface area contributed by atoms with Crippen LogP contribution in [0.3, 0.4) is 0 Å². The van der Waals surface area contributed by atoms with Gasteiger partial charge < -0.3 is 26.2 Å². The van der Waals surface area contributed by atoms with E-state index in [1.54, 1.807) is 0 Å². The molecule has 6 N–H and O–H groups in total. The number of hydrogen-bond acceptors (Lipinski definition) is 9. The van der Waals surface area contributed by atoms with Crippen LogP contribution in [0.1, 0.15) is 49.4 Å². The molecule has 1 aliphatic heterocycles. The number of nitrogens with zero attached hydrogens (tertiary/aromatic N) is 2. The van der Waals surface area contributed by atoms with Gasteiger partial charge in [0.1, 0.15) is 28.7 Å². The Kier molecular flexibility index (Phi) is 6.21. The number of phenolic OH excluding ortho intramolecular Hbond substituents is 1. The summed E-state index contributed by atoms with van der Waals surface area (Å²) in [6.45, 7) is 6.66. The molecule has 1 heterocycles. The van der Waals surface area contributed by atoms with E-state index in [-0.39, 0.29) is 60.3 Å². The Hall–Kier alpha value is -3.28. The van der Waals surface area contributed by atoms with E-state index in [0.29, 0.717) is 11.1 Å². The number of ketones is 2. The molecule has 1 saturated carbocycles. The fourth-order valence-electron chi connectivity index (χ4n) is 6.95. The maximum absolute atomic E-state index is 16.0. The number of rotatable bonds is 4. The Balaban J connectivity index is 1.68. The molecule has 5 atom stereocenters. The van der Waals surface area contributed by atoms with Crippen molar-refractivity contribution in [1.82, 2.24) is 9.80 Å². The van der Waals surface area contributed by atoms with E-state index in [9.17, 15) is 34.8 Å². The molecule has 0 aromatic heterocycles. The number of hydrogen-bond donors (Lipinski definition) is 5. The molecule has 0 saturated heterocycles. The number of carbonyl (C=O) groups excluding carboxylic acids is 3. The average Bonchev–Trinajstić information content (AvgIpc) is 3.29. The van der Waals surface area contributed by atoms with Gasteiger partial charge in [-0.25, -0.2) is 4.39 Å². The van der Waals surface area contributed by atoms with Crippen LogP contribution in [-0.2, 0) is 33.9 Å². The van der Waals surface area contributed by atoms with E-state index in [0.717, 1.165) is 0 Å². The number of primary amides is 1. The summed E-state index contributed by atoms with van der Waals surface area (Å²) in [5, 5.41) is 45.2. The van der Waals surface area contributed by atoms with E-state index in [1.807, 2.05) is 25.7 Å². The molecule has 210 valence electrons. The van der Waals surface area contributed by atoms with E-state index in [1.165, 1.54) is 19.0 Å². The molecule has 1 aromatic rings. The van der Waals surface area contributed by atoms with Crippen LogP contribution in [0.2, 0.25) is 0 Å². The topological polar surface area (TPSA) is 165 Å². The van der Waals surface area contributed by atoms with Crippen molar-refractivity contribution in [2.75, 3.05) is 14.1 Å². The maximum atomic E-state index is 16.0. The number of aliphatic hydroxyl groups is 3. The number of halogens is 1. The summed E-state index contributed by atoms with van der Waals surface area (Å²) < 4.78 is 16.0. The highest BCUT2D eigenvalue weighted by Gasteiger charge is 2.64. The molecule has 0 unspecified atom stereocenters. The monoisotopic (exact) mass is 543 g/mol. The Morgan fingerprint density at radius 2 is 1.72 bits per heavy atom. The van der Waals surface area contributed by atoms with Gasteiger partial charge in [0, 0.05) is 47.3 Å². The van der Waals surface area contributed by atoms with E-state index < -0.39 is 63.9 Å². The second-order valence-corrected chi connectivity index (χ2v) is 11.8. The first-order valence-electron chi connectivity index (χ1n) is 13.1. The number of nitrogens with two attached hydrogens (primary N) is 1. The number of fused-ring (bicyclic) bond motifs is 4. The molecule has 0 spiro atoms. The number of likely N-dealkylation sites (N-methyl/N-ethyl adjacent to an activating group) is 1. The zero-order valence-corrected chi connectivity index (χ0v) is 22.6. The minimum Gasteiger partial charge on any atom is -0.508 e. The van der Waals surface area contributed by atoms with Crippen LogP contribution in [-0.4, -0.2) is 79.5 Å². The van der Waals surface area contributed by atoms with Gasteiger partial charge >= 0.3 is 0 Å². The zero-order valence-electron chi connectivity index (χ0n) is 22.6. The Morgan fingerprint density at radius 1 is 1.10 bits per heavy atom. The summed E-state index contributed by atoms with van der Waals surface area (Å²) in [7, 11) is 3.05. The van der Waals surface area contributed by atoms with E-state index >= 15 is 4.39 Å². The second-order valence-electron chi connectivity index (χ2n) is 11.8. The number of Topliss-reactive ketones (excluding diaryl/α,β-unsaturated/α-hetero) is 2. The number of benzene rings is 1. The molecule has 0 radical (unpaired) electrons. The molecule has 39 heavy (non-hydrogen) atoms. The molecule has 11 heteroatoms. The van der Waals surface area contributed by atoms with Gasteiger partial charge in [-0.05, 0) is 45.7 Å². The third-order valence-corrected chi connectivity index (χ3v) is 9.30. The van der Waals surface area contributed by atoms with Gasteiger partial charge in [0.05, 0.1) is 11.6 Å². The molecule has 5 rings (SSSR count). The van der Waals surface area contributed by atoms with Crippen molar-refractivity contribution in [3.8, 4) is 5.75 Å². The fraction of sp³-hybridized carbons (Fsp3) is 0.536. The standard InChI is InChI=1S/C28H34FN3O7/c1-10(2)11(3)32-8-14-15(9-32)22(33)18-13(20(14)29)6-12-7-16-21(31(4)5)24(35)19(27(30)38)26(37)28(16,39)25(36)17(12)23(18)34/h10-12,16,21,33-34,37,39H,6-9H2,1-5H3,(H2,30,38)/t11-,12+,16+,21+,28+/m1/s1. The first-order valence-corrected chi connectivity index (χ1v) is 13.1. The first-order chi connectivity index (χ1) is 18.1. The molecule has 10 nitrogen and oxygen atoms in total. The Labute approximate surface area is 225 Å². The Morgan fingerprint density at radius 3 is 2.28 bits per heavy atom. The summed E-state index contributed by atoms with van der Waals surface area (Å²) in [5.41, 5.74) is 1.99. The predicted molar refractivity (Wildman–Crippen MR) is 138 cm³/mol. The van der Waals surface area contributed by atoms with Gasteiger partial charge in [-0.15, -0.1) is 0 Å². The summed E-state index contributed by atoms with van der Waals surface area (Å²) in [5.74, 6) is -7.70.